The highest BCUT2D eigenvalue weighted by atomic mass is 35.5. The Kier molecular flexibility index (Phi) is 7.60. The fourth-order valence-electron chi connectivity index (χ4n) is 4.76. The Hall–Kier alpha value is -0.0900. The lowest BCUT2D eigenvalue weighted by Crippen LogP contribution is -2.53. The van der Waals surface area contributed by atoms with Gasteiger partial charge >= 0.3 is 0 Å². The molecule has 0 aromatic rings. The van der Waals surface area contributed by atoms with Gasteiger partial charge in [0, 0.05) is 37.3 Å². The van der Waals surface area contributed by atoms with E-state index in [0.29, 0.717) is 23.9 Å². The molecule has 140 valence electrons. The predicted octanol–water partition coefficient (Wildman–Crippen LogP) is 3.83. The standard InChI is InChI=1S/C20H38ClN3/c1-15(2)19(23-11-10-22)13-24-12-9-18(20(3,4)14-24)16-5-7-17(21)8-6-16/h7,15-16,18-19,23H,5-6,8-14,22H2,1-4H3/t16?,18?,19-/m0/s1. The Morgan fingerprint density at radius 1 is 1.38 bits per heavy atom. The largest absolute Gasteiger partial charge is 0.329 e. The second-order valence-corrected chi connectivity index (χ2v) is 9.38. The molecular formula is C20H38ClN3. The first-order valence-corrected chi connectivity index (χ1v) is 10.2. The minimum atomic E-state index is 0.385. The molecule has 1 aliphatic heterocycles. The predicted molar refractivity (Wildman–Crippen MR) is 105 cm³/mol. The van der Waals surface area contributed by atoms with Gasteiger partial charge in [0.2, 0.25) is 0 Å². The van der Waals surface area contributed by atoms with Gasteiger partial charge in [0.25, 0.3) is 0 Å². The first-order chi connectivity index (χ1) is 11.3. The summed E-state index contributed by atoms with van der Waals surface area (Å²) in [4.78, 5) is 2.68. The zero-order valence-corrected chi connectivity index (χ0v) is 16.9. The van der Waals surface area contributed by atoms with E-state index >= 15 is 0 Å². The Morgan fingerprint density at radius 2 is 2.12 bits per heavy atom. The van der Waals surface area contributed by atoms with Gasteiger partial charge < -0.3 is 16.0 Å². The number of halogens is 1. The number of hydrogen-bond acceptors (Lipinski definition) is 3. The van der Waals surface area contributed by atoms with Crippen LogP contribution < -0.4 is 11.1 Å². The van der Waals surface area contributed by atoms with Gasteiger partial charge in [-0.25, -0.2) is 0 Å². The summed E-state index contributed by atoms with van der Waals surface area (Å²) < 4.78 is 0. The van der Waals surface area contributed by atoms with Crippen molar-refractivity contribution in [3.63, 3.8) is 0 Å². The molecular weight excluding hydrogens is 318 g/mol. The van der Waals surface area contributed by atoms with Gasteiger partial charge in [-0.15, -0.1) is 0 Å². The van der Waals surface area contributed by atoms with Gasteiger partial charge in [0.1, 0.15) is 0 Å². The van der Waals surface area contributed by atoms with Crippen LogP contribution in [0, 0.1) is 23.2 Å². The van der Waals surface area contributed by atoms with Crippen LogP contribution >= 0.6 is 11.6 Å². The van der Waals surface area contributed by atoms with Gasteiger partial charge in [-0.05, 0) is 55.4 Å². The van der Waals surface area contributed by atoms with Crippen molar-refractivity contribution < 1.29 is 0 Å². The van der Waals surface area contributed by atoms with Gasteiger partial charge in [-0.1, -0.05) is 45.4 Å². The van der Waals surface area contributed by atoms with Crippen molar-refractivity contribution in [2.75, 3.05) is 32.7 Å². The lowest BCUT2D eigenvalue weighted by Gasteiger charge is -2.49. The summed E-state index contributed by atoms with van der Waals surface area (Å²) in [6, 6.07) is 0.539. The molecule has 0 radical (unpaired) electrons. The molecule has 3 nitrogen and oxygen atoms in total. The van der Waals surface area contributed by atoms with Crippen molar-refractivity contribution in [1.82, 2.24) is 10.2 Å². The molecule has 1 aliphatic carbocycles. The van der Waals surface area contributed by atoms with E-state index in [9.17, 15) is 0 Å². The molecule has 1 heterocycles. The van der Waals surface area contributed by atoms with Crippen LogP contribution in [-0.4, -0.2) is 43.7 Å². The maximum Gasteiger partial charge on any atom is 0.0218 e. The number of allylic oxidation sites excluding steroid dienone is 2. The normalized spacial score (nSPS) is 29.5. The molecule has 2 aliphatic rings. The fraction of sp³-hybridized carbons (Fsp3) is 0.900. The van der Waals surface area contributed by atoms with Crippen molar-refractivity contribution in [3.05, 3.63) is 11.1 Å². The number of rotatable bonds is 7. The first kappa shape index (κ1) is 20.2. The highest BCUT2D eigenvalue weighted by Crippen LogP contribution is 2.44. The lowest BCUT2D eigenvalue weighted by molar-refractivity contribution is 0.0119. The van der Waals surface area contributed by atoms with Crippen molar-refractivity contribution >= 4 is 11.6 Å². The summed E-state index contributed by atoms with van der Waals surface area (Å²) in [5.41, 5.74) is 6.06. The minimum Gasteiger partial charge on any atom is -0.329 e. The Bertz CT molecular complexity index is 419. The zero-order valence-electron chi connectivity index (χ0n) is 16.2. The summed E-state index contributed by atoms with van der Waals surface area (Å²) in [6.45, 7) is 14.8. The van der Waals surface area contributed by atoms with Crippen molar-refractivity contribution in [3.8, 4) is 0 Å². The summed E-state index contributed by atoms with van der Waals surface area (Å²) in [7, 11) is 0. The molecule has 0 aromatic carbocycles. The second-order valence-electron chi connectivity index (χ2n) is 8.90. The summed E-state index contributed by atoms with van der Waals surface area (Å²) in [5, 5.41) is 4.71. The second kappa shape index (κ2) is 9.02. The molecule has 3 N–H and O–H groups in total. The molecule has 4 heteroatoms. The average molecular weight is 356 g/mol. The average Bonchev–Trinajstić information content (AvgIpc) is 2.51. The smallest absolute Gasteiger partial charge is 0.0218 e. The van der Waals surface area contributed by atoms with Crippen LogP contribution in [-0.2, 0) is 0 Å². The van der Waals surface area contributed by atoms with Crippen molar-refractivity contribution in [2.45, 2.75) is 59.4 Å². The quantitative estimate of drug-likeness (QED) is 0.729. The maximum absolute atomic E-state index is 6.18. The van der Waals surface area contributed by atoms with Crippen LogP contribution in [0.4, 0.5) is 0 Å². The highest BCUT2D eigenvalue weighted by molar-refractivity contribution is 6.29. The van der Waals surface area contributed by atoms with Crippen LogP contribution in [0.3, 0.4) is 0 Å². The molecule has 0 aromatic heterocycles. The van der Waals surface area contributed by atoms with E-state index < -0.39 is 0 Å². The van der Waals surface area contributed by atoms with Crippen LogP contribution in [0.2, 0.25) is 0 Å². The molecule has 0 saturated carbocycles. The Labute approximate surface area is 154 Å². The third-order valence-corrected chi connectivity index (χ3v) is 6.51. The van der Waals surface area contributed by atoms with Crippen LogP contribution in [0.1, 0.15) is 53.4 Å². The summed E-state index contributed by atoms with van der Waals surface area (Å²) in [6.07, 6.45) is 7.13. The maximum atomic E-state index is 6.18. The summed E-state index contributed by atoms with van der Waals surface area (Å²) in [5.74, 6) is 2.29. The highest BCUT2D eigenvalue weighted by Gasteiger charge is 2.40. The molecule has 1 saturated heterocycles. The number of piperidine rings is 1. The van der Waals surface area contributed by atoms with E-state index in [1.165, 1.54) is 32.4 Å². The third kappa shape index (κ3) is 5.45. The van der Waals surface area contributed by atoms with Crippen LogP contribution in [0.25, 0.3) is 0 Å². The molecule has 24 heavy (non-hydrogen) atoms. The van der Waals surface area contributed by atoms with Crippen molar-refractivity contribution in [1.29, 1.82) is 0 Å². The van der Waals surface area contributed by atoms with Gasteiger partial charge in [0.05, 0.1) is 0 Å². The van der Waals surface area contributed by atoms with Gasteiger partial charge in [0.15, 0.2) is 0 Å². The van der Waals surface area contributed by atoms with Crippen LogP contribution in [0.5, 0.6) is 0 Å². The van der Waals surface area contributed by atoms with Gasteiger partial charge in [-0.3, -0.25) is 0 Å². The number of likely N-dealkylation sites (tertiary alicyclic amines) is 1. The molecule has 2 unspecified atom stereocenters. The van der Waals surface area contributed by atoms with E-state index in [-0.39, 0.29) is 0 Å². The number of nitrogens with one attached hydrogen (secondary N) is 1. The van der Waals surface area contributed by atoms with Gasteiger partial charge in [-0.2, -0.15) is 0 Å². The van der Waals surface area contributed by atoms with E-state index in [1.807, 2.05) is 0 Å². The van der Waals surface area contributed by atoms with Crippen molar-refractivity contribution in [2.24, 2.45) is 28.9 Å². The summed E-state index contributed by atoms with van der Waals surface area (Å²) >= 11 is 6.18. The molecule has 0 spiro atoms. The molecule has 0 amide bonds. The topological polar surface area (TPSA) is 41.3 Å². The van der Waals surface area contributed by atoms with E-state index in [2.05, 4.69) is 44.0 Å². The molecule has 0 bridgehead atoms. The number of hydrogen-bond donors (Lipinski definition) is 2. The fourth-order valence-corrected chi connectivity index (χ4v) is 4.96. The number of nitrogens with zero attached hydrogens (tertiary/aromatic N) is 1. The lowest BCUT2D eigenvalue weighted by atomic mass is 9.65. The van der Waals surface area contributed by atoms with E-state index in [0.717, 1.165) is 36.4 Å². The third-order valence-electron chi connectivity index (χ3n) is 6.17. The van der Waals surface area contributed by atoms with E-state index in [4.69, 9.17) is 17.3 Å². The monoisotopic (exact) mass is 355 g/mol. The number of nitrogens with two attached hydrogens (primary N) is 1. The Balaban J connectivity index is 1.92. The minimum absolute atomic E-state index is 0.385. The SMILES string of the molecule is CC(C)[C@H](CN1CCC(C2CC=C(Cl)CC2)C(C)(C)C1)NCCN. The molecule has 3 atom stereocenters. The Morgan fingerprint density at radius 3 is 2.67 bits per heavy atom. The zero-order chi connectivity index (χ0) is 17.7. The molecule has 2 rings (SSSR count). The first-order valence-electron chi connectivity index (χ1n) is 9.84. The molecule has 1 fully saturated rings. The van der Waals surface area contributed by atoms with Crippen LogP contribution in [0.15, 0.2) is 11.1 Å². The van der Waals surface area contributed by atoms with E-state index in [1.54, 1.807) is 0 Å².